The van der Waals surface area contributed by atoms with Gasteiger partial charge in [-0.15, -0.1) is 0 Å². The van der Waals surface area contributed by atoms with Crippen LogP contribution in [0.2, 0.25) is 0 Å². The highest BCUT2D eigenvalue weighted by Crippen LogP contribution is 2.11. The molecule has 0 heterocycles. The molecule has 0 aliphatic heterocycles. The molecule has 0 spiro atoms. The fourth-order valence-electron chi connectivity index (χ4n) is 0.755. The standard InChI is InChI=1S/C8H9O3S/c9-5-6-11-7-1-3-8(12-10)4-2-7/h1-4,9H,5-6H2/q+1. The Bertz CT molecular complexity index is 245. The Morgan fingerprint density at radius 3 is 2.50 bits per heavy atom. The first-order valence-electron chi connectivity index (χ1n) is 3.50. The molecule has 0 saturated carbocycles. The van der Waals surface area contributed by atoms with Gasteiger partial charge < -0.3 is 9.84 Å². The minimum Gasteiger partial charge on any atom is -0.491 e. The van der Waals surface area contributed by atoms with E-state index in [1.807, 2.05) is 0 Å². The lowest BCUT2D eigenvalue weighted by molar-refractivity contribution is 0.201. The molecule has 0 fully saturated rings. The summed E-state index contributed by atoms with van der Waals surface area (Å²) in [7, 11) is 0. The maximum atomic E-state index is 10.3. The fourth-order valence-corrected chi connectivity index (χ4v) is 1.00. The Morgan fingerprint density at radius 2 is 2.00 bits per heavy atom. The normalized spacial score (nSPS) is 9.42. The number of ether oxygens (including phenoxy) is 1. The van der Waals surface area contributed by atoms with Crippen LogP contribution in [-0.4, -0.2) is 18.3 Å². The topological polar surface area (TPSA) is 46.5 Å². The van der Waals surface area contributed by atoms with Gasteiger partial charge in [-0.05, 0) is 12.1 Å². The highest BCUT2D eigenvalue weighted by atomic mass is 32.1. The second-order valence-corrected chi connectivity index (χ2v) is 2.76. The van der Waals surface area contributed by atoms with Gasteiger partial charge in [0.1, 0.15) is 12.4 Å². The van der Waals surface area contributed by atoms with Gasteiger partial charge in [-0.3, -0.25) is 0 Å². The SMILES string of the molecule is O=[S+]c1ccc(OCCO)cc1. The van der Waals surface area contributed by atoms with E-state index in [0.717, 1.165) is 0 Å². The Morgan fingerprint density at radius 1 is 1.33 bits per heavy atom. The summed E-state index contributed by atoms with van der Waals surface area (Å²) in [4.78, 5) is 0.659. The van der Waals surface area contributed by atoms with Gasteiger partial charge in [0.05, 0.1) is 6.61 Å². The summed E-state index contributed by atoms with van der Waals surface area (Å²) in [5.74, 6) is 0.668. The van der Waals surface area contributed by atoms with E-state index in [9.17, 15) is 4.21 Å². The second-order valence-electron chi connectivity index (χ2n) is 2.13. The number of aliphatic hydroxyl groups excluding tert-OH is 1. The van der Waals surface area contributed by atoms with Gasteiger partial charge in [0, 0.05) is 16.3 Å². The predicted molar refractivity (Wildman–Crippen MR) is 45.3 cm³/mol. The Hall–Kier alpha value is -1.00. The number of hydrogen-bond acceptors (Lipinski definition) is 3. The third-order valence-electron chi connectivity index (χ3n) is 1.28. The van der Waals surface area contributed by atoms with E-state index in [0.29, 0.717) is 22.3 Å². The van der Waals surface area contributed by atoms with E-state index in [4.69, 9.17) is 9.84 Å². The van der Waals surface area contributed by atoms with Crippen LogP contribution in [0, 0.1) is 0 Å². The molecule has 0 aliphatic carbocycles. The summed E-state index contributed by atoms with van der Waals surface area (Å²) < 4.78 is 15.4. The van der Waals surface area contributed by atoms with Crippen molar-refractivity contribution in [1.82, 2.24) is 0 Å². The molecule has 0 amide bonds. The molecule has 0 atom stereocenters. The van der Waals surface area contributed by atoms with Crippen molar-refractivity contribution in [2.75, 3.05) is 13.2 Å². The number of hydrogen-bond donors (Lipinski definition) is 1. The van der Waals surface area contributed by atoms with Gasteiger partial charge in [-0.1, -0.05) is 0 Å². The molecular weight excluding hydrogens is 176 g/mol. The van der Waals surface area contributed by atoms with Crippen LogP contribution in [0.4, 0.5) is 0 Å². The van der Waals surface area contributed by atoms with Crippen molar-refractivity contribution in [3.05, 3.63) is 24.3 Å². The molecule has 1 rings (SSSR count). The summed E-state index contributed by atoms with van der Waals surface area (Å²) in [6, 6.07) is 6.78. The van der Waals surface area contributed by atoms with E-state index in [1.54, 1.807) is 24.3 Å². The van der Waals surface area contributed by atoms with Crippen LogP contribution >= 0.6 is 0 Å². The van der Waals surface area contributed by atoms with Gasteiger partial charge in [0.2, 0.25) is 0 Å². The fraction of sp³-hybridized carbons (Fsp3) is 0.250. The van der Waals surface area contributed by atoms with Crippen molar-refractivity contribution in [1.29, 1.82) is 0 Å². The zero-order valence-corrected chi connectivity index (χ0v) is 7.21. The minimum absolute atomic E-state index is 0.00193. The van der Waals surface area contributed by atoms with E-state index in [1.165, 1.54) is 0 Å². The van der Waals surface area contributed by atoms with Crippen LogP contribution in [0.25, 0.3) is 0 Å². The second kappa shape index (κ2) is 4.79. The Labute approximate surface area is 74.5 Å². The van der Waals surface area contributed by atoms with Crippen LogP contribution in [0.3, 0.4) is 0 Å². The molecule has 0 bridgehead atoms. The smallest absolute Gasteiger partial charge is 0.491 e. The van der Waals surface area contributed by atoms with Crippen LogP contribution in [0.5, 0.6) is 5.75 Å². The molecule has 4 heteroatoms. The molecule has 0 aromatic heterocycles. The summed E-state index contributed by atoms with van der Waals surface area (Å²) in [6.07, 6.45) is 0. The first-order valence-corrected chi connectivity index (χ1v) is 4.24. The van der Waals surface area contributed by atoms with Crippen LogP contribution < -0.4 is 4.74 Å². The van der Waals surface area contributed by atoms with Crippen molar-refractivity contribution in [2.24, 2.45) is 0 Å². The van der Waals surface area contributed by atoms with Crippen LogP contribution in [0.15, 0.2) is 29.2 Å². The molecule has 0 aliphatic rings. The van der Waals surface area contributed by atoms with Crippen molar-refractivity contribution >= 4 is 11.7 Å². The lowest BCUT2D eigenvalue weighted by Gasteiger charge is -2.00. The van der Waals surface area contributed by atoms with E-state index in [2.05, 4.69) is 0 Å². The maximum absolute atomic E-state index is 10.3. The van der Waals surface area contributed by atoms with Crippen LogP contribution in [0.1, 0.15) is 0 Å². The molecular formula is C8H9O3S+. The largest absolute Gasteiger partial charge is 0.505 e. The van der Waals surface area contributed by atoms with Gasteiger partial charge in [-0.2, -0.15) is 0 Å². The van der Waals surface area contributed by atoms with Crippen molar-refractivity contribution in [3.63, 3.8) is 0 Å². The molecule has 1 aromatic carbocycles. The highest BCUT2D eigenvalue weighted by molar-refractivity contribution is 7.65. The van der Waals surface area contributed by atoms with Gasteiger partial charge >= 0.3 is 11.7 Å². The van der Waals surface area contributed by atoms with E-state index >= 15 is 0 Å². The van der Waals surface area contributed by atoms with Crippen molar-refractivity contribution < 1.29 is 14.1 Å². The van der Waals surface area contributed by atoms with Crippen molar-refractivity contribution in [3.8, 4) is 5.75 Å². The molecule has 3 nitrogen and oxygen atoms in total. The van der Waals surface area contributed by atoms with Crippen LogP contribution in [-0.2, 0) is 15.9 Å². The predicted octanol–water partition coefficient (Wildman–Crippen LogP) is 0.845. The molecule has 0 radical (unpaired) electrons. The van der Waals surface area contributed by atoms with Gasteiger partial charge in [-0.25, -0.2) is 0 Å². The monoisotopic (exact) mass is 185 g/mol. The number of aliphatic hydroxyl groups is 1. The maximum Gasteiger partial charge on any atom is 0.505 e. The lowest BCUT2D eigenvalue weighted by atomic mass is 10.3. The zero-order chi connectivity index (χ0) is 8.81. The zero-order valence-electron chi connectivity index (χ0n) is 6.40. The Kier molecular flexibility index (Phi) is 3.63. The average molecular weight is 185 g/mol. The third kappa shape index (κ3) is 2.56. The van der Waals surface area contributed by atoms with Gasteiger partial charge in [0.15, 0.2) is 0 Å². The molecule has 0 saturated heterocycles. The summed E-state index contributed by atoms with van der Waals surface area (Å²) >= 11 is 0.446. The first-order chi connectivity index (χ1) is 5.86. The molecule has 12 heavy (non-hydrogen) atoms. The summed E-state index contributed by atoms with van der Waals surface area (Å²) in [5.41, 5.74) is 0. The Balaban J connectivity index is 2.58. The summed E-state index contributed by atoms with van der Waals surface area (Å²) in [5, 5.41) is 8.45. The highest BCUT2D eigenvalue weighted by Gasteiger charge is 2.04. The molecule has 0 unspecified atom stereocenters. The molecule has 1 aromatic rings. The third-order valence-corrected chi connectivity index (χ3v) is 1.74. The minimum atomic E-state index is -0.00193. The number of benzene rings is 1. The molecule has 64 valence electrons. The quantitative estimate of drug-likeness (QED) is 0.707. The van der Waals surface area contributed by atoms with Crippen molar-refractivity contribution in [2.45, 2.75) is 4.90 Å². The lowest BCUT2D eigenvalue weighted by Crippen LogP contribution is -2.01. The van der Waals surface area contributed by atoms with Gasteiger partial charge in [0.25, 0.3) is 4.90 Å². The number of rotatable bonds is 4. The first kappa shape index (κ1) is 9.09. The van der Waals surface area contributed by atoms with E-state index < -0.39 is 0 Å². The summed E-state index contributed by atoms with van der Waals surface area (Å²) in [6.45, 7) is 0.280. The van der Waals surface area contributed by atoms with E-state index in [-0.39, 0.29) is 13.2 Å². The average Bonchev–Trinajstić information content (AvgIpc) is 2.15. The molecule has 1 N–H and O–H groups in total.